The number of hydrogen-bond acceptors (Lipinski definition) is 6. The van der Waals surface area contributed by atoms with Crippen LogP contribution in [-0.4, -0.2) is 44.4 Å². The maximum atomic E-state index is 4.48. The lowest BCUT2D eigenvalue weighted by Gasteiger charge is -2.33. The topological polar surface area (TPSA) is 71.8 Å². The van der Waals surface area contributed by atoms with Crippen molar-refractivity contribution in [3.05, 3.63) is 25.0 Å². The highest BCUT2D eigenvalue weighted by Crippen LogP contribution is 2.29. The van der Waals surface area contributed by atoms with Gasteiger partial charge in [0.15, 0.2) is 0 Å². The number of rotatable bonds is 6. The second-order valence-corrected chi connectivity index (χ2v) is 6.66. The summed E-state index contributed by atoms with van der Waals surface area (Å²) < 4.78 is 1.93. The molecule has 3 heterocycles. The van der Waals surface area contributed by atoms with Crippen LogP contribution < -0.4 is 10.2 Å². The van der Waals surface area contributed by atoms with Crippen LogP contribution in [0.4, 0.5) is 11.6 Å². The zero-order chi connectivity index (χ0) is 15.5. The first-order valence-corrected chi connectivity index (χ1v) is 8.50. The Labute approximate surface area is 136 Å². The Morgan fingerprint density at radius 3 is 2.91 bits per heavy atom. The van der Waals surface area contributed by atoms with E-state index in [1.54, 1.807) is 19.0 Å². The molecule has 2 aliphatic rings. The van der Waals surface area contributed by atoms with Crippen molar-refractivity contribution in [1.29, 1.82) is 0 Å². The Kier molecular flexibility index (Phi) is 4.08. The number of nitrogens with zero attached hydrogens (tertiary/aromatic N) is 6. The molecule has 23 heavy (non-hydrogen) atoms. The summed E-state index contributed by atoms with van der Waals surface area (Å²) in [6.45, 7) is 4.03. The van der Waals surface area contributed by atoms with Gasteiger partial charge in [-0.3, -0.25) is 4.68 Å². The normalized spacial score (nSPS) is 21.4. The van der Waals surface area contributed by atoms with Crippen molar-refractivity contribution in [2.75, 3.05) is 29.9 Å². The summed E-state index contributed by atoms with van der Waals surface area (Å²) in [6, 6.07) is 2.08. The molecule has 1 saturated carbocycles. The molecule has 4 rings (SSSR count). The maximum Gasteiger partial charge on any atom is 0.137 e. The molecule has 1 saturated heterocycles. The first kappa shape index (κ1) is 14.4. The van der Waals surface area contributed by atoms with Crippen molar-refractivity contribution in [2.24, 2.45) is 11.8 Å². The van der Waals surface area contributed by atoms with Gasteiger partial charge >= 0.3 is 0 Å². The number of piperidine rings is 1. The molecule has 1 unspecified atom stereocenters. The Balaban J connectivity index is 1.39. The Bertz CT molecular complexity index is 623. The first-order valence-electron chi connectivity index (χ1n) is 8.50. The quantitative estimate of drug-likeness (QED) is 0.877. The van der Waals surface area contributed by atoms with Gasteiger partial charge < -0.3 is 10.2 Å². The second kappa shape index (κ2) is 6.52. The van der Waals surface area contributed by atoms with Gasteiger partial charge in [-0.05, 0) is 37.5 Å². The molecule has 1 aliphatic carbocycles. The van der Waals surface area contributed by atoms with Gasteiger partial charge in [0, 0.05) is 32.2 Å². The summed E-state index contributed by atoms with van der Waals surface area (Å²) in [5, 5.41) is 7.65. The van der Waals surface area contributed by atoms with E-state index in [1.165, 1.54) is 25.7 Å². The predicted octanol–water partition coefficient (Wildman–Crippen LogP) is 1.81. The van der Waals surface area contributed by atoms with E-state index in [-0.39, 0.29) is 0 Å². The van der Waals surface area contributed by atoms with E-state index in [1.807, 2.05) is 4.68 Å². The zero-order valence-electron chi connectivity index (χ0n) is 13.3. The van der Waals surface area contributed by atoms with E-state index in [0.29, 0.717) is 5.92 Å². The molecule has 0 amide bonds. The molecule has 0 aromatic carbocycles. The maximum absolute atomic E-state index is 4.48. The molecule has 0 radical (unpaired) electrons. The highest BCUT2D eigenvalue weighted by molar-refractivity contribution is 5.48. The van der Waals surface area contributed by atoms with Crippen LogP contribution in [0.5, 0.6) is 0 Å². The van der Waals surface area contributed by atoms with Crippen LogP contribution in [0.15, 0.2) is 25.0 Å². The summed E-state index contributed by atoms with van der Waals surface area (Å²) in [5.74, 6) is 3.40. The van der Waals surface area contributed by atoms with Gasteiger partial charge in [-0.25, -0.2) is 15.0 Å². The molecule has 0 bridgehead atoms. The molecule has 7 heteroatoms. The molecule has 0 spiro atoms. The predicted molar refractivity (Wildman–Crippen MR) is 88.2 cm³/mol. The number of hydrogen-bond donors (Lipinski definition) is 1. The Morgan fingerprint density at radius 2 is 2.09 bits per heavy atom. The summed E-state index contributed by atoms with van der Waals surface area (Å²) in [5.41, 5.74) is 0. The highest BCUT2D eigenvalue weighted by Gasteiger charge is 2.23. The van der Waals surface area contributed by atoms with Crippen molar-refractivity contribution in [3.8, 4) is 0 Å². The molecule has 2 fully saturated rings. The van der Waals surface area contributed by atoms with Crippen molar-refractivity contribution in [2.45, 2.75) is 32.2 Å². The summed E-state index contributed by atoms with van der Waals surface area (Å²) in [7, 11) is 0. The molecule has 2 aromatic heterocycles. The molecule has 7 nitrogen and oxygen atoms in total. The van der Waals surface area contributed by atoms with Crippen LogP contribution in [0, 0.1) is 11.8 Å². The average Bonchev–Trinajstić information content (AvgIpc) is 3.29. The fraction of sp³-hybridized carbons (Fsp3) is 0.625. The third-order valence-corrected chi connectivity index (χ3v) is 4.68. The summed E-state index contributed by atoms with van der Waals surface area (Å²) >= 11 is 0. The van der Waals surface area contributed by atoms with E-state index >= 15 is 0 Å². The van der Waals surface area contributed by atoms with Crippen molar-refractivity contribution in [1.82, 2.24) is 24.7 Å². The molecule has 1 aliphatic heterocycles. The van der Waals surface area contributed by atoms with E-state index in [4.69, 9.17) is 0 Å². The van der Waals surface area contributed by atoms with Crippen LogP contribution in [0.3, 0.4) is 0 Å². The van der Waals surface area contributed by atoms with E-state index < -0.39 is 0 Å². The fourth-order valence-corrected chi connectivity index (χ4v) is 3.20. The number of anilines is 2. The van der Waals surface area contributed by atoms with Crippen LogP contribution >= 0.6 is 0 Å². The molecular weight excluding hydrogens is 290 g/mol. The molecule has 1 N–H and O–H groups in total. The van der Waals surface area contributed by atoms with Gasteiger partial charge in [0.05, 0.1) is 0 Å². The van der Waals surface area contributed by atoms with E-state index in [9.17, 15) is 0 Å². The lowest BCUT2D eigenvalue weighted by Crippen LogP contribution is -2.37. The van der Waals surface area contributed by atoms with Crippen LogP contribution in [-0.2, 0) is 6.54 Å². The Morgan fingerprint density at radius 1 is 1.13 bits per heavy atom. The summed E-state index contributed by atoms with van der Waals surface area (Å²) in [4.78, 5) is 15.2. The second-order valence-electron chi connectivity index (χ2n) is 6.66. The zero-order valence-corrected chi connectivity index (χ0v) is 13.3. The minimum absolute atomic E-state index is 0.586. The Hall–Kier alpha value is -2.18. The monoisotopic (exact) mass is 313 g/mol. The van der Waals surface area contributed by atoms with Crippen LogP contribution in [0.2, 0.25) is 0 Å². The average molecular weight is 313 g/mol. The lowest BCUT2D eigenvalue weighted by atomic mass is 9.98. The van der Waals surface area contributed by atoms with Crippen molar-refractivity contribution >= 4 is 11.6 Å². The summed E-state index contributed by atoms with van der Waals surface area (Å²) in [6.07, 6.45) is 10.2. The third-order valence-electron chi connectivity index (χ3n) is 4.68. The minimum atomic E-state index is 0.586. The van der Waals surface area contributed by atoms with E-state index in [0.717, 1.165) is 43.7 Å². The molecular formula is C16H23N7. The fourth-order valence-electron chi connectivity index (χ4n) is 3.20. The first-order chi connectivity index (χ1) is 11.4. The van der Waals surface area contributed by atoms with Crippen LogP contribution in [0.25, 0.3) is 0 Å². The van der Waals surface area contributed by atoms with Crippen molar-refractivity contribution < 1.29 is 0 Å². The van der Waals surface area contributed by atoms with Crippen molar-refractivity contribution in [3.63, 3.8) is 0 Å². The minimum Gasteiger partial charge on any atom is -0.370 e. The third kappa shape index (κ3) is 3.78. The van der Waals surface area contributed by atoms with Crippen LogP contribution in [0.1, 0.15) is 25.7 Å². The number of aromatic nitrogens is 5. The smallest absolute Gasteiger partial charge is 0.137 e. The molecule has 1 atom stereocenters. The van der Waals surface area contributed by atoms with E-state index in [2.05, 4.69) is 36.3 Å². The van der Waals surface area contributed by atoms with Gasteiger partial charge in [-0.15, -0.1) is 0 Å². The molecule has 2 aromatic rings. The van der Waals surface area contributed by atoms with Gasteiger partial charge in [0.2, 0.25) is 0 Å². The SMILES string of the molecule is c1nc(NCC2CC2)cc(N2CCCC(Cn3cncn3)C2)n1. The number of nitrogens with one attached hydrogen (secondary N) is 1. The largest absolute Gasteiger partial charge is 0.370 e. The van der Waals surface area contributed by atoms with Gasteiger partial charge in [0.25, 0.3) is 0 Å². The molecule has 122 valence electrons. The van der Waals surface area contributed by atoms with Gasteiger partial charge in [-0.1, -0.05) is 0 Å². The standard InChI is InChI=1S/C16H23N7/c1-2-14(9-23-12-17-10-21-23)8-22(5-1)16-6-15(19-11-20-16)18-7-13-3-4-13/h6,10-14H,1-5,7-9H2,(H,18,19,20). The van der Waals surface area contributed by atoms with Gasteiger partial charge in [0.1, 0.15) is 30.6 Å². The lowest BCUT2D eigenvalue weighted by molar-refractivity contribution is 0.350. The highest BCUT2D eigenvalue weighted by atomic mass is 15.3. The van der Waals surface area contributed by atoms with Gasteiger partial charge in [-0.2, -0.15) is 5.10 Å².